The lowest BCUT2D eigenvalue weighted by molar-refractivity contribution is -0.135. The molecule has 0 saturated heterocycles. The molecule has 0 fully saturated rings. The number of halogens is 1. The second-order valence-corrected chi connectivity index (χ2v) is 5.57. The molecule has 0 atom stereocenters. The average molecular weight is 305 g/mol. The van der Waals surface area contributed by atoms with Crippen molar-refractivity contribution >= 4 is 23.4 Å². The predicted molar refractivity (Wildman–Crippen MR) is 83.4 cm³/mol. The van der Waals surface area contributed by atoms with Crippen LogP contribution in [0.3, 0.4) is 0 Å². The van der Waals surface area contributed by atoms with Crippen molar-refractivity contribution < 1.29 is 14.3 Å². The third-order valence-corrected chi connectivity index (χ3v) is 3.93. The van der Waals surface area contributed by atoms with Crippen molar-refractivity contribution in [1.29, 1.82) is 0 Å². The molecule has 0 amide bonds. The van der Waals surface area contributed by atoms with E-state index >= 15 is 0 Å². The summed E-state index contributed by atoms with van der Waals surface area (Å²) < 4.78 is 13.5. The van der Waals surface area contributed by atoms with Gasteiger partial charge in [-0.2, -0.15) is 0 Å². The quantitative estimate of drug-likeness (QED) is 0.795. The molecule has 2 rings (SSSR count). The molecule has 0 bridgehead atoms. The van der Waals surface area contributed by atoms with Gasteiger partial charge >= 0.3 is 5.97 Å². The number of thioether (sulfide) groups is 1. The van der Waals surface area contributed by atoms with Gasteiger partial charge in [-0.05, 0) is 24.3 Å². The lowest BCUT2D eigenvalue weighted by Gasteiger charge is -2.22. The van der Waals surface area contributed by atoms with E-state index in [4.69, 9.17) is 5.11 Å². The number of rotatable bonds is 7. The highest BCUT2D eigenvalue weighted by Crippen LogP contribution is 2.22. The minimum atomic E-state index is -0.880. The van der Waals surface area contributed by atoms with E-state index in [1.165, 1.54) is 17.8 Å². The molecular weight excluding hydrogens is 289 g/mol. The molecule has 0 radical (unpaired) electrons. The van der Waals surface area contributed by atoms with Gasteiger partial charge in [-0.1, -0.05) is 30.3 Å². The number of carboxylic acid groups (broad SMARTS) is 1. The number of hydrogen-bond donors (Lipinski definition) is 1. The summed E-state index contributed by atoms with van der Waals surface area (Å²) in [5.74, 6) is -0.509. The lowest BCUT2D eigenvalue weighted by atomic mass is 10.3. The van der Waals surface area contributed by atoms with Crippen LogP contribution in [-0.2, 0) is 4.79 Å². The Balaban J connectivity index is 1.97. The summed E-state index contributed by atoms with van der Waals surface area (Å²) in [6, 6.07) is 16.0. The molecule has 2 aromatic rings. The Morgan fingerprint density at radius 3 is 2.43 bits per heavy atom. The van der Waals surface area contributed by atoms with Gasteiger partial charge in [-0.15, -0.1) is 11.8 Å². The topological polar surface area (TPSA) is 40.5 Å². The molecular formula is C16H16FNO2S. The largest absolute Gasteiger partial charge is 0.480 e. The monoisotopic (exact) mass is 305 g/mol. The molecule has 2 aromatic carbocycles. The van der Waals surface area contributed by atoms with Gasteiger partial charge in [0.25, 0.3) is 0 Å². The van der Waals surface area contributed by atoms with Crippen molar-refractivity contribution in [2.45, 2.75) is 4.90 Å². The smallest absolute Gasteiger partial charge is 0.323 e. The number of carboxylic acids is 1. The fraction of sp³-hybridized carbons (Fsp3) is 0.188. The van der Waals surface area contributed by atoms with Crippen LogP contribution in [0.2, 0.25) is 0 Å². The van der Waals surface area contributed by atoms with Gasteiger partial charge < -0.3 is 10.0 Å². The zero-order valence-electron chi connectivity index (χ0n) is 11.4. The molecule has 0 heterocycles. The summed E-state index contributed by atoms with van der Waals surface area (Å²) in [5, 5.41) is 9.00. The van der Waals surface area contributed by atoms with Gasteiger partial charge in [0, 0.05) is 22.9 Å². The number of hydrogen-bond acceptors (Lipinski definition) is 3. The summed E-state index contributed by atoms with van der Waals surface area (Å²) >= 11 is 1.39. The molecule has 0 saturated carbocycles. The van der Waals surface area contributed by atoms with Crippen LogP contribution < -0.4 is 4.90 Å². The maximum absolute atomic E-state index is 13.5. The molecule has 0 aromatic heterocycles. The van der Waals surface area contributed by atoms with E-state index in [0.717, 1.165) is 5.69 Å². The molecule has 0 aliphatic carbocycles. The summed E-state index contributed by atoms with van der Waals surface area (Å²) in [6.07, 6.45) is 0. The Morgan fingerprint density at radius 1 is 1.10 bits per heavy atom. The number of carbonyl (C=O) groups is 1. The van der Waals surface area contributed by atoms with E-state index in [-0.39, 0.29) is 12.4 Å². The zero-order chi connectivity index (χ0) is 15.1. The van der Waals surface area contributed by atoms with Crippen molar-refractivity contribution in [1.82, 2.24) is 0 Å². The molecule has 0 aliphatic heterocycles. The lowest BCUT2D eigenvalue weighted by Crippen LogP contribution is -2.31. The molecule has 1 N–H and O–H groups in total. The normalized spacial score (nSPS) is 10.3. The fourth-order valence-electron chi connectivity index (χ4n) is 1.93. The average Bonchev–Trinajstić information content (AvgIpc) is 2.49. The van der Waals surface area contributed by atoms with Crippen LogP contribution in [0.4, 0.5) is 10.1 Å². The van der Waals surface area contributed by atoms with E-state index < -0.39 is 5.97 Å². The first kappa shape index (κ1) is 15.4. The highest BCUT2D eigenvalue weighted by molar-refractivity contribution is 7.99. The first-order valence-corrected chi connectivity index (χ1v) is 7.54. The maximum Gasteiger partial charge on any atom is 0.323 e. The van der Waals surface area contributed by atoms with Crippen LogP contribution in [0.1, 0.15) is 0 Å². The van der Waals surface area contributed by atoms with Gasteiger partial charge in [-0.3, -0.25) is 4.79 Å². The van der Waals surface area contributed by atoms with Crippen molar-refractivity contribution in [2.75, 3.05) is 23.7 Å². The van der Waals surface area contributed by atoms with Gasteiger partial charge in [0.1, 0.15) is 12.4 Å². The van der Waals surface area contributed by atoms with E-state index in [1.807, 2.05) is 30.3 Å². The Kier molecular flexibility index (Phi) is 5.63. The minimum Gasteiger partial charge on any atom is -0.480 e. The molecule has 110 valence electrons. The Labute approximate surface area is 127 Å². The maximum atomic E-state index is 13.5. The third kappa shape index (κ3) is 4.79. The SMILES string of the molecule is O=C(O)CN(CCSc1ccccc1F)c1ccccc1. The molecule has 3 nitrogen and oxygen atoms in total. The van der Waals surface area contributed by atoms with Gasteiger partial charge in [0.2, 0.25) is 0 Å². The van der Waals surface area contributed by atoms with Crippen LogP contribution in [0.5, 0.6) is 0 Å². The highest BCUT2D eigenvalue weighted by atomic mass is 32.2. The van der Waals surface area contributed by atoms with Crippen LogP contribution in [-0.4, -0.2) is 29.9 Å². The van der Waals surface area contributed by atoms with Crippen LogP contribution >= 0.6 is 11.8 Å². The summed E-state index contributed by atoms with van der Waals surface area (Å²) in [5.41, 5.74) is 0.856. The molecule has 5 heteroatoms. The first-order chi connectivity index (χ1) is 10.2. The van der Waals surface area contributed by atoms with E-state index in [0.29, 0.717) is 17.2 Å². The second-order valence-electron chi connectivity index (χ2n) is 4.43. The van der Waals surface area contributed by atoms with Crippen molar-refractivity contribution in [3.63, 3.8) is 0 Å². The predicted octanol–water partition coefficient (Wildman–Crippen LogP) is 3.51. The molecule has 21 heavy (non-hydrogen) atoms. The van der Waals surface area contributed by atoms with Crippen LogP contribution in [0.15, 0.2) is 59.5 Å². The zero-order valence-corrected chi connectivity index (χ0v) is 12.2. The molecule has 0 unspecified atom stereocenters. The summed E-state index contributed by atoms with van der Waals surface area (Å²) in [4.78, 5) is 13.3. The number of benzene rings is 2. The number of nitrogens with zero attached hydrogens (tertiary/aromatic N) is 1. The number of anilines is 1. The van der Waals surface area contributed by atoms with Crippen LogP contribution in [0, 0.1) is 5.82 Å². The highest BCUT2D eigenvalue weighted by Gasteiger charge is 2.11. The molecule has 0 spiro atoms. The minimum absolute atomic E-state index is 0.0676. The van der Waals surface area contributed by atoms with Crippen molar-refractivity contribution in [2.24, 2.45) is 0 Å². The standard InChI is InChI=1S/C16H16FNO2S/c17-14-8-4-5-9-15(14)21-11-10-18(12-16(19)20)13-6-2-1-3-7-13/h1-9H,10-12H2,(H,19,20). The van der Waals surface area contributed by atoms with Gasteiger partial charge in [0.05, 0.1) is 0 Å². The third-order valence-electron chi connectivity index (χ3n) is 2.90. The van der Waals surface area contributed by atoms with Crippen molar-refractivity contribution in [3.05, 3.63) is 60.4 Å². The number of para-hydroxylation sites is 1. The van der Waals surface area contributed by atoms with Crippen LogP contribution in [0.25, 0.3) is 0 Å². The first-order valence-electron chi connectivity index (χ1n) is 6.56. The molecule has 0 aliphatic rings. The van der Waals surface area contributed by atoms with E-state index in [9.17, 15) is 9.18 Å². The summed E-state index contributed by atoms with van der Waals surface area (Å²) in [7, 11) is 0. The van der Waals surface area contributed by atoms with Crippen molar-refractivity contribution in [3.8, 4) is 0 Å². The summed E-state index contributed by atoms with van der Waals surface area (Å²) in [6.45, 7) is 0.469. The fourth-order valence-corrected chi connectivity index (χ4v) is 2.84. The van der Waals surface area contributed by atoms with Gasteiger partial charge in [-0.25, -0.2) is 4.39 Å². The Hall–Kier alpha value is -2.01. The van der Waals surface area contributed by atoms with Gasteiger partial charge in [0.15, 0.2) is 0 Å². The number of aliphatic carboxylic acids is 1. The Morgan fingerprint density at radius 2 is 1.76 bits per heavy atom. The Bertz CT molecular complexity index is 592. The van der Waals surface area contributed by atoms with E-state index in [2.05, 4.69) is 0 Å². The second kappa shape index (κ2) is 7.69. The van der Waals surface area contributed by atoms with E-state index in [1.54, 1.807) is 23.1 Å².